The van der Waals surface area contributed by atoms with E-state index < -0.39 is 5.97 Å². The number of nitrogens with one attached hydrogen (secondary N) is 1. The Kier molecular flexibility index (Phi) is 5.19. The van der Waals surface area contributed by atoms with Crippen molar-refractivity contribution in [3.05, 3.63) is 63.9 Å². The van der Waals surface area contributed by atoms with Crippen molar-refractivity contribution in [2.75, 3.05) is 0 Å². The largest absolute Gasteiger partial charge is 0.550 e. The van der Waals surface area contributed by atoms with E-state index in [0.29, 0.717) is 0 Å². The predicted molar refractivity (Wildman–Crippen MR) is 95.1 cm³/mol. The Morgan fingerprint density at radius 3 is 2.60 bits per heavy atom. The number of hydrogen-bond donors (Lipinski definition) is 1. The maximum atomic E-state index is 12.6. The van der Waals surface area contributed by atoms with Crippen molar-refractivity contribution < 1.29 is 14.7 Å². The normalized spacial score (nSPS) is 16.4. The molecule has 5 nitrogen and oxygen atoms in total. The second-order valence-corrected chi connectivity index (χ2v) is 6.96. The van der Waals surface area contributed by atoms with Crippen LogP contribution in [-0.4, -0.2) is 16.9 Å². The fraction of sp³-hybridized carbons (Fsp3) is 0.263. The van der Waals surface area contributed by atoms with Gasteiger partial charge in [-0.25, -0.2) is 5.01 Å². The maximum Gasteiger partial charge on any atom is 0.241 e. The van der Waals surface area contributed by atoms with Crippen LogP contribution >= 0.6 is 11.3 Å². The maximum absolute atomic E-state index is 12.6. The number of rotatable bonds is 6. The lowest BCUT2D eigenvalue weighted by molar-refractivity contribution is -0.305. The molecule has 0 bridgehead atoms. The fourth-order valence-corrected chi connectivity index (χ4v) is 3.47. The topological polar surface area (TPSA) is 72.5 Å². The van der Waals surface area contributed by atoms with Crippen molar-refractivity contribution in [3.63, 3.8) is 0 Å². The average Bonchev–Trinajstić information content (AvgIpc) is 3.24. The highest BCUT2D eigenvalue weighted by molar-refractivity contribution is 7.11. The van der Waals surface area contributed by atoms with Crippen molar-refractivity contribution in [1.82, 2.24) is 10.4 Å². The number of carboxylic acids is 1. The number of carboxylic acid groups (broad SMARTS) is 1. The van der Waals surface area contributed by atoms with Crippen LogP contribution in [0.2, 0.25) is 0 Å². The van der Waals surface area contributed by atoms with Gasteiger partial charge in [-0.05, 0) is 42.9 Å². The summed E-state index contributed by atoms with van der Waals surface area (Å²) in [5.74, 6) is -1.26. The molecule has 1 aromatic carbocycles. The van der Waals surface area contributed by atoms with Crippen molar-refractivity contribution in [2.45, 2.75) is 32.2 Å². The number of carbonyl (C=O) groups excluding carboxylic acids is 2. The molecule has 0 spiro atoms. The number of benzene rings is 1. The molecule has 130 valence electrons. The number of hydrogen-bond acceptors (Lipinski definition) is 5. The minimum absolute atomic E-state index is 0.111. The second-order valence-electron chi connectivity index (χ2n) is 6.01. The van der Waals surface area contributed by atoms with Crippen LogP contribution in [0.1, 0.15) is 41.3 Å². The van der Waals surface area contributed by atoms with Crippen molar-refractivity contribution in [2.24, 2.45) is 0 Å². The summed E-state index contributed by atoms with van der Waals surface area (Å²) in [4.78, 5) is 24.2. The molecule has 0 aliphatic carbocycles. The van der Waals surface area contributed by atoms with Gasteiger partial charge in [-0.15, -0.1) is 11.3 Å². The molecule has 6 heteroatoms. The van der Waals surface area contributed by atoms with Crippen LogP contribution in [0, 0.1) is 6.92 Å². The number of amides is 1. The zero-order valence-corrected chi connectivity index (χ0v) is 14.7. The molecule has 1 N–H and O–H groups in total. The molecule has 1 atom stereocenters. The van der Waals surface area contributed by atoms with Gasteiger partial charge in [-0.1, -0.05) is 35.9 Å². The molecule has 0 saturated carbocycles. The predicted octanol–water partition coefficient (Wildman–Crippen LogP) is 2.41. The van der Waals surface area contributed by atoms with Gasteiger partial charge in [0, 0.05) is 12.4 Å². The quantitative estimate of drug-likeness (QED) is 0.864. The Bertz CT molecular complexity index is 782. The summed E-state index contributed by atoms with van der Waals surface area (Å²) in [6.07, 6.45) is 2.36. The molecule has 1 aliphatic rings. The van der Waals surface area contributed by atoms with Crippen LogP contribution in [-0.2, 0) is 9.59 Å². The highest BCUT2D eigenvalue weighted by Gasteiger charge is 2.30. The van der Waals surface area contributed by atoms with Crippen LogP contribution in [0.25, 0.3) is 5.70 Å². The van der Waals surface area contributed by atoms with E-state index in [0.717, 1.165) is 21.7 Å². The summed E-state index contributed by atoms with van der Waals surface area (Å²) >= 11 is 1.60. The van der Waals surface area contributed by atoms with Gasteiger partial charge < -0.3 is 9.90 Å². The molecule has 2 aromatic rings. The van der Waals surface area contributed by atoms with E-state index in [1.165, 1.54) is 0 Å². The van der Waals surface area contributed by atoms with Gasteiger partial charge in [0.25, 0.3) is 0 Å². The Morgan fingerprint density at radius 1 is 1.20 bits per heavy atom. The molecular weight excluding hydrogens is 336 g/mol. The van der Waals surface area contributed by atoms with Crippen LogP contribution in [0.5, 0.6) is 0 Å². The van der Waals surface area contributed by atoms with Crippen LogP contribution in [0.4, 0.5) is 0 Å². The highest BCUT2D eigenvalue weighted by Crippen LogP contribution is 2.33. The molecule has 0 unspecified atom stereocenters. The van der Waals surface area contributed by atoms with Crippen LogP contribution in [0.15, 0.2) is 47.9 Å². The van der Waals surface area contributed by atoms with E-state index in [9.17, 15) is 14.7 Å². The van der Waals surface area contributed by atoms with E-state index in [2.05, 4.69) is 5.43 Å². The zero-order valence-electron chi connectivity index (χ0n) is 13.9. The van der Waals surface area contributed by atoms with Gasteiger partial charge in [0.15, 0.2) is 0 Å². The summed E-state index contributed by atoms with van der Waals surface area (Å²) in [6.45, 7) is 2.02. The minimum atomic E-state index is -1.13. The smallest absolute Gasteiger partial charge is 0.241 e. The number of thiophene rings is 1. The first-order valence-corrected chi connectivity index (χ1v) is 9.03. The molecule has 3 rings (SSSR count). The molecule has 1 amide bonds. The lowest BCUT2D eigenvalue weighted by Crippen LogP contribution is -2.39. The minimum Gasteiger partial charge on any atom is -0.550 e. The first-order chi connectivity index (χ1) is 12.0. The summed E-state index contributed by atoms with van der Waals surface area (Å²) in [5, 5.41) is 14.1. The van der Waals surface area contributed by atoms with Crippen LogP contribution < -0.4 is 10.5 Å². The lowest BCUT2D eigenvalue weighted by Gasteiger charge is -2.25. The van der Waals surface area contributed by atoms with Gasteiger partial charge in [-0.2, -0.15) is 0 Å². The first-order valence-electron chi connectivity index (χ1n) is 8.15. The summed E-state index contributed by atoms with van der Waals surface area (Å²) in [7, 11) is 0. The third-order valence-electron chi connectivity index (χ3n) is 4.09. The average molecular weight is 355 g/mol. The molecular formula is C19H19N2O3S-. The number of hydrazine groups is 1. The van der Waals surface area contributed by atoms with Crippen molar-refractivity contribution in [3.8, 4) is 0 Å². The second kappa shape index (κ2) is 7.53. The zero-order chi connectivity index (χ0) is 17.8. The fourth-order valence-electron chi connectivity index (χ4n) is 2.77. The number of nitrogens with zero attached hydrogens (tertiary/aromatic N) is 1. The summed E-state index contributed by atoms with van der Waals surface area (Å²) < 4.78 is 0. The summed E-state index contributed by atoms with van der Waals surface area (Å²) in [5.41, 5.74) is 6.25. The Hall–Kier alpha value is -2.60. The SMILES string of the molecule is Cc1ccc([C@H]2C=C(c3cccs3)NN2C(=O)CCCC(=O)[O-])cc1. The molecule has 2 heterocycles. The van der Waals surface area contributed by atoms with E-state index in [4.69, 9.17) is 0 Å². The van der Waals surface area contributed by atoms with Crippen molar-refractivity contribution >= 4 is 28.9 Å². The Labute approximate surface area is 150 Å². The van der Waals surface area contributed by atoms with Gasteiger partial charge in [-0.3, -0.25) is 10.2 Å². The van der Waals surface area contributed by atoms with E-state index in [1.807, 2.05) is 54.8 Å². The Morgan fingerprint density at radius 2 is 1.96 bits per heavy atom. The monoisotopic (exact) mass is 355 g/mol. The van der Waals surface area contributed by atoms with Gasteiger partial charge in [0.1, 0.15) is 0 Å². The van der Waals surface area contributed by atoms with Gasteiger partial charge in [0.05, 0.1) is 16.6 Å². The number of aryl methyl sites for hydroxylation is 1. The molecule has 1 aromatic heterocycles. The third-order valence-corrected chi connectivity index (χ3v) is 4.99. The van der Waals surface area contributed by atoms with Crippen LogP contribution in [0.3, 0.4) is 0 Å². The van der Waals surface area contributed by atoms with Gasteiger partial charge in [0.2, 0.25) is 5.91 Å². The van der Waals surface area contributed by atoms with E-state index in [-0.39, 0.29) is 31.2 Å². The first kappa shape index (κ1) is 17.2. The van der Waals surface area contributed by atoms with E-state index in [1.54, 1.807) is 16.3 Å². The standard InChI is InChI=1S/C19H20N2O3S/c1-13-7-9-14(10-8-13)16-12-15(17-4-3-11-25-17)20-21(16)18(22)5-2-6-19(23)24/h3-4,7-12,16,20H,2,5-6H2,1H3,(H,23,24)/p-1/t16-/m1/s1. The molecule has 0 radical (unpaired) electrons. The Balaban J connectivity index is 1.81. The van der Waals surface area contributed by atoms with Gasteiger partial charge >= 0.3 is 0 Å². The molecule has 0 fully saturated rings. The molecule has 25 heavy (non-hydrogen) atoms. The number of carbonyl (C=O) groups is 2. The number of aliphatic carboxylic acids is 1. The van der Waals surface area contributed by atoms with Crippen molar-refractivity contribution in [1.29, 1.82) is 0 Å². The third kappa shape index (κ3) is 4.09. The summed E-state index contributed by atoms with van der Waals surface area (Å²) in [6, 6.07) is 11.8. The molecule has 1 aliphatic heterocycles. The highest BCUT2D eigenvalue weighted by atomic mass is 32.1. The van der Waals surface area contributed by atoms with E-state index >= 15 is 0 Å². The molecule has 0 saturated heterocycles. The lowest BCUT2D eigenvalue weighted by atomic mass is 10.0.